The van der Waals surface area contributed by atoms with Crippen molar-refractivity contribution in [1.82, 2.24) is 0 Å². The molecule has 4 heteroatoms. The molecule has 2 nitrogen and oxygen atoms in total. The molecule has 0 radical (unpaired) electrons. The Morgan fingerprint density at radius 1 is 0.395 bits per heavy atom. The Morgan fingerprint density at radius 3 is 1.18 bits per heavy atom. The van der Waals surface area contributed by atoms with E-state index in [0.717, 1.165) is 32.9 Å². The molecule has 0 fully saturated rings. The number of fused-ring (bicyclic) bond motifs is 2. The van der Waals surface area contributed by atoms with Gasteiger partial charge in [0.05, 0.1) is 22.8 Å². The molecule has 6 aromatic rings. The summed E-state index contributed by atoms with van der Waals surface area (Å²) < 4.78 is 27.9. The van der Waals surface area contributed by atoms with Gasteiger partial charge in [0.1, 0.15) is 11.6 Å². The minimum absolute atomic E-state index is 0.340. The molecule has 0 amide bonds. The maximum Gasteiger partial charge on any atom is 0.123 e. The van der Waals surface area contributed by atoms with E-state index in [9.17, 15) is 8.78 Å². The van der Waals surface area contributed by atoms with Gasteiger partial charge >= 0.3 is 0 Å². The first kappa shape index (κ1) is 23.4. The van der Waals surface area contributed by atoms with Crippen LogP contribution in [0.5, 0.6) is 0 Å². The van der Waals surface area contributed by atoms with Crippen LogP contribution in [0.25, 0.3) is 21.5 Å². The summed E-state index contributed by atoms with van der Waals surface area (Å²) in [6.07, 6.45) is 0. The molecule has 182 valence electrons. The van der Waals surface area contributed by atoms with E-state index in [4.69, 9.17) is 9.98 Å². The lowest BCUT2D eigenvalue weighted by atomic mass is 9.98. The van der Waals surface area contributed by atoms with Crippen LogP contribution in [0.4, 0.5) is 20.2 Å². The molecule has 0 saturated carbocycles. The van der Waals surface area contributed by atoms with Crippen LogP contribution in [-0.2, 0) is 0 Å². The molecular weight excluding hydrogens is 474 g/mol. The Morgan fingerprint density at radius 2 is 0.763 bits per heavy atom. The fourth-order valence-corrected chi connectivity index (χ4v) is 4.58. The number of hydrogen-bond donors (Lipinski definition) is 0. The van der Waals surface area contributed by atoms with Gasteiger partial charge in [-0.3, -0.25) is 0 Å². The Labute approximate surface area is 219 Å². The van der Waals surface area contributed by atoms with Crippen LogP contribution in [0.1, 0.15) is 11.1 Å². The van der Waals surface area contributed by atoms with Crippen LogP contribution in [-0.4, -0.2) is 11.4 Å². The van der Waals surface area contributed by atoms with Crippen molar-refractivity contribution in [3.05, 3.63) is 156 Å². The third-order valence-corrected chi connectivity index (χ3v) is 6.46. The third kappa shape index (κ3) is 4.72. The van der Waals surface area contributed by atoms with Crippen molar-refractivity contribution in [2.45, 2.75) is 0 Å². The largest absolute Gasteiger partial charge is 0.245 e. The molecule has 0 unspecified atom stereocenters. The smallest absolute Gasteiger partial charge is 0.123 e. The molecule has 38 heavy (non-hydrogen) atoms. The van der Waals surface area contributed by atoms with Crippen molar-refractivity contribution in [2.75, 3.05) is 0 Å². The highest BCUT2D eigenvalue weighted by Gasteiger charge is 2.17. The van der Waals surface area contributed by atoms with Gasteiger partial charge < -0.3 is 0 Å². The molecule has 0 heterocycles. The highest BCUT2D eigenvalue weighted by Crippen LogP contribution is 2.30. The van der Waals surface area contributed by atoms with Gasteiger partial charge in [-0.1, -0.05) is 72.8 Å². The molecule has 0 N–H and O–H groups in total. The molecule has 0 aliphatic heterocycles. The third-order valence-electron chi connectivity index (χ3n) is 6.46. The number of hydrogen-bond acceptors (Lipinski definition) is 2. The van der Waals surface area contributed by atoms with Crippen molar-refractivity contribution in [2.24, 2.45) is 9.98 Å². The van der Waals surface area contributed by atoms with Crippen LogP contribution >= 0.6 is 0 Å². The van der Waals surface area contributed by atoms with E-state index in [1.807, 2.05) is 84.9 Å². The van der Waals surface area contributed by atoms with Crippen LogP contribution in [0.15, 0.2) is 143 Å². The molecule has 0 aliphatic rings. The van der Waals surface area contributed by atoms with E-state index in [1.54, 1.807) is 24.3 Å². The van der Waals surface area contributed by atoms with Gasteiger partial charge in [0.25, 0.3) is 0 Å². The molecule has 6 aromatic carbocycles. The predicted molar refractivity (Wildman–Crippen MR) is 153 cm³/mol. The van der Waals surface area contributed by atoms with E-state index >= 15 is 0 Å². The van der Waals surface area contributed by atoms with Crippen LogP contribution in [0, 0.1) is 11.6 Å². The van der Waals surface area contributed by atoms with Crippen molar-refractivity contribution < 1.29 is 8.78 Å². The second-order valence-electron chi connectivity index (χ2n) is 8.93. The number of nitrogens with zero attached hydrogens (tertiary/aromatic N) is 2. The van der Waals surface area contributed by atoms with E-state index < -0.39 is 0 Å². The van der Waals surface area contributed by atoms with Gasteiger partial charge in [-0.05, 0) is 71.4 Å². The van der Waals surface area contributed by atoms with E-state index in [-0.39, 0.29) is 11.6 Å². The molecule has 0 bridgehead atoms. The van der Waals surface area contributed by atoms with Gasteiger partial charge in [-0.25, -0.2) is 18.8 Å². The molecular formula is C34H22F2N2. The zero-order valence-corrected chi connectivity index (χ0v) is 20.4. The topological polar surface area (TPSA) is 24.7 Å². The summed E-state index contributed by atoms with van der Waals surface area (Å²) >= 11 is 0. The molecule has 0 spiro atoms. The van der Waals surface area contributed by atoms with Crippen molar-refractivity contribution in [1.29, 1.82) is 0 Å². The van der Waals surface area contributed by atoms with Crippen molar-refractivity contribution in [3.8, 4) is 0 Å². The lowest BCUT2D eigenvalue weighted by Gasteiger charge is -2.14. The highest BCUT2D eigenvalue weighted by atomic mass is 19.1. The Hall–Kier alpha value is -4.96. The number of halogens is 2. The van der Waals surface area contributed by atoms with Crippen LogP contribution < -0.4 is 0 Å². The molecule has 0 aromatic heterocycles. The fraction of sp³-hybridized carbons (Fsp3) is 0. The van der Waals surface area contributed by atoms with Crippen LogP contribution in [0.3, 0.4) is 0 Å². The van der Waals surface area contributed by atoms with Crippen LogP contribution in [0.2, 0.25) is 0 Å². The summed E-state index contributed by atoms with van der Waals surface area (Å²) in [7, 11) is 0. The predicted octanol–water partition coefficient (Wildman–Crippen LogP) is 9.21. The Balaban J connectivity index is 1.66. The van der Waals surface area contributed by atoms with Crippen molar-refractivity contribution in [3.63, 3.8) is 0 Å². The summed E-state index contributed by atoms with van der Waals surface area (Å²) in [5.41, 5.74) is 4.03. The summed E-state index contributed by atoms with van der Waals surface area (Å²) in [6.45, 7) is 0. The Bertz CT molecular complexity index is 1670. The highest BCUT2D eigenvalue weighted by molar-refractivity contribution is 6.54. The van der Waals surface area contributed by atoms with E-state index in [1.165, 1.54) is 24.3 Å². The van der Waals surface area contributed by atoms with Gasteiger partial charge in [0.15, 0.2) is 0 Å². The minimum Gasteiger partial charge on any atom is -0.245 e. The zero-order valence-electron chi connectivity index (χ0n) is 20.4. The standard InChI is InChI=1S/C34H22F2N2/c35-27-19-15-25(16-20-27)33(37-31-13-5-9-23-7-1-3-11-29(23)31)34(26-17-21-28(36)22-18-26)38-32-14-6-10-24-8-2-4-12-30(24)32/h1-22H. The first-order valence-electron chi connectivity index (χ1n) is 12.3. The number of benzene rings is 6. The molecule has 0 aliphatic carbocycles. The second kappa shape index (κ2) is 10.2. The second-order valence-corrected chi connectivity index (χ2v) is 8.93. The maximum atomic E-state index is 14.0. The average molecular weight is 497 g/mol. The Kier molecular flexibility index (Phi) is 6.29. The average Bonchev–Trinajstić information content (AvgIpc) is 2.96. The van der Waals surface area contributed by atoms with Gasteiger partial charge in [-0.15, -0.1) is 0 Å². The summed E-state index contributed by atoms with van der Waals surface area (Å²) in [5.74, 6) is -0.680. The first-order chi connectivity index (χ1) is 18.7. The SMILES string of the molecule is Fc1ccc(C(=Nc2cccc3ccccc23)C(=Nc2cccc3ccccc23)c2ccc(F)cc2)cc1. The maximum absolute atomic E-state index is 14.0. The van der Waals surface area contributed by atoms with Gasteiger partial charge in [-0.2, -0.15) is 0 Å². The number of aliphatic imine (C=N–C) groups is 2. The van der Waals surface area contributed by atoms with Gasteiger partial charge in [0, 0.05) is 21.9 Å². The van der Waals surface area contributed by atoms with Crippen molar-refractivity contribution >= 4 is 44.3 Å². The molecule has 0 saturated heterocycles. The normalized spacial score (nSPS) is 12.3. The summed E-state index contributed by atoms with van der Waals surface area (Å²) in [6, 6.07) is 40.4. The van der Waals surface area contributed by atoms with E-state index in [2.05, 4.69) is 0 Å². The molecule has 0 atom stereocenters. The lowest BCUT2D eigenvalue weighted by Crippen LogP contribution is -2.17. The minimum atomic E-state index is -0.340. The molecule has 6 rings (SSSR count). The zero-order chi connectivity index (χ0) is 25.9. The van der Waals surface area contributed by atoms with Gasteiger partial charge in [0.2, 0.25) is 0 Å². The van der Waals surface area contributed by atoms with E-state index in [0.29, 0.717) is 22.6 Å². The quantitative estimate of drug-likeness (QED) is 0.213. The first-order valence-corrected chi connectivity index (χ1v) is 12.3. The lowest BCUT2D eigenvalue weighted by molar-refractivity contribution is 0.627. The summed E-state index contributed by atoms with van der Waals surface area (Å²) in [4.78, 5) is 10.3. The fourth-order valence-electron chi connectivity index (χ4n) is 4.58. The summed E-state index contributed by atoms with van der Waals surface area (Å²) in [5, 5.41) is 4.08. The number of rotatable bonds is 5. The monoisotopic (exact) mass is 496 g/mol.